The van der Waals surface area contributed by atoms with Crippen LogP contribution in [-0.4, -0.2) is 17.8 Å². The van der Waals surface area contributed by atoms with Crippen molar-refractivity contribution in [2.45, 2.75) is 45.6 Å². The molecule has 0 spiro atoms. The summed E-state index contributed by atoms with van der Waals surface area (Å²) in [6, 6.07) is 16.3. The number of carbonyl (C=O) groups excluding carboxylic acids is 1. The highest BCUT2D eigenvalue weighted by atomic mass is 19.1. The molecule has 0 radical (unpaired) electrons. The van der Waals surface area contributed by atoms with Gasteiger partial charge in [-0.3, -0.25) is 9.79 Å². The summed E-state index contributed by atoms with van der Waals surface area (Å²) in [6.45, 7) is 3.87. The van der Waals surface area contributed by atoms with Crippen LogP contribution < -0.4 is 5.32 Å². The highest BCUT2D eigenvalue weighted by molar-refractivity contribution is 6.07. The van der Waals surface area contributed by atoms with E-state index in [1.54, 1.807) is 19.1 Å². The Morgan fingerprint density at radius 3 is 2.62 bits per heavy atom. The Balaban J connectivity index is 1.61. The van der Waals surface area contributed by atoms with Gasteiger partial charge in [0.2, 0.25) is 5.91 Å². The molecular weight excluding hydrogens is 401 g/mol. The van der Waals surface area contributed by atoms with E-state index in [0.717, 1.165) is 37.0 Å². The van der Waals surface area contributed by atoms with E-state index in [2.05, 4.69) is 30.4 Å². The Bertz CT molecular complexity index is 1040. The Morgan fingerprint density at radius 1 is 1.25 bits per heavy atom. The summed E-state index contributed by atoms with van der Waals surface area (Å²) in [5.41, 5.74) is 4.05. The normalized spacial score (nSPS) is 26.8. The van der Waals surface area contributed by atoms with Gasteiger partial charge in [-0.2, -0.15) is 0 Å². The molecule has 0 aliphatic heterocycles. The van der Waals surface area contributed by atoms with E-state index in [1.807, 2.05) is 18.2 Å². The number of benzene rings is 2. The number of aliphatic imine (C=N–C) groups is 1. The third-order valence-corrected chi connectivity index (χ3v) is 7.13. The maximum Gasteiger partial charge on any atom is 0.217 e. The first-order valence-electron chi connectivity index (χ1n) is 11.3. The van der Waals surface area contributed by atoms with Crippen molar-refractivity contribution >= 4 is 23.5 Å². The number of halogens is 1. The van der Waals surface area contributed by atoms with Gasteiger partial charge in [0.1, 0.15) is 5.82 Å². The lowest BCUT2D eigenvalue weighted by atomic mass is 9.65. The summed E-state index contributed by atoms with van der Waals surface area (Å²) in [7, 11) is 0. The number of amides is 1. The van der Waals surface area contributed by atoms with Gasteiger partial charge in [0.15, 0.2) is 0 Å². The first-order valence-corrected chi connectivity index (χ1v) is 11.3. The van der Waals surface area contributed by atoms with Gasteiger partial charge in [-0.1, -0.05) is 42.8 Å². The molecule has 166 valence electrons. The third kappa shape index (κ3) is 4.57. The van der Waals surface area contributed by atoms with E-state index in [4.69, 9.17) is 10.4 Å². The molecule has 2 aromatic rings. The fourth-order valence-corrected chi connectivity index (χ4v) is 5.37. The van der Waals surface area contributed by atoms with E-state index in [0.29, 0.717) is 11.6 Å². The number of rotatable bonds is 6. The zero-order valence-corrected chi connectivity index (χ0v) is 18.6. The van der Waals surface area contributed by atoms with Crippen molar-refractivity contribution in [1.82, 2.24) is 5.32 Å². The molecule has 32 heavy (non-hydrogen) atoms. The Labute approximate surface area is 189 Å². The number of allylic oxidation sites excluding steroid dienone is 2. The molecule has 0 heterocycles. The van der Waals surface area contributed by atoms with Crippen LogP contribution >= 0.6 is 0 Å². The van der Waals surface area contributed by atoms with Crippen LogP contribution in [0.4, 0.5) is 10.1 Å². The number of hydrogen-bond donors (Lipinski definition) is 2. The fourth-order valence-electron chi connectivity index (χ4n) is 5.37. The van der Waals surface area contributed by atoms with Crippen molar-refractivity contribution in [3.63, 3.8) is 0 Å². The molecule has 2 aromatic carbocycles. The third-order valence-electron chi connectivity index (χ3n) is 7.13. The van der Waals surface area contributed by atoms with E-state index in [-0.39, 0.29) is 29.1 Å². The molecule has 0 bridgehead atoms. The van der Waals surface area contributed by atoms with Gasteiger partial charge in [0.25, 0.3) is 0 Å². The Morgan fingerprint density at radius 2 is 1.97 bits per heavy atom. The minimum absolute atomic E-state index is 0.0208. The molecule has 0 aromatic heterocycles. The lowest BCUT2D eigenvalue weighted by Crippen LogP contribution is -2.36. The van der Waals surface area contributed by atoms with Crippen molar-refractivity contribution in [1.29, 1.82) is 5.41 Å². The van der Waals surface area contributed by atoms with Gasteiger partial charge in [-0.15, -0.1) is 0 Å². The zero-order chi connectivity index (χ0) is 22.7. The standard InChI is InChI=1S/C27H30FN3O/c1-18(32)30-25(19-6-4-3-5-7-19)14-21-8-9-22-15-26(20(17-29)16-27(21,22)2)31-24-12-10-23(28)11-13-24/h3-7,10-13,15,17,20-21,25,29H,8-9,14,16H2,1-2H3,(H,30,32). The largest absolute Gasteiger partial charge is 0.350 e. The number of carbonyl (C=O) groups is 1. The summed E-state index contributed by atoms with van der Waals surface area (Å²) in [4.78, 5) is 16.6. The summed E-state index contributed by atoms with van der Waals surface area (Å²) >= 11 is 0. The van der Waals surface area contributed by atoms with E-state index >= 15 is 0 Å². The highest BCUT2D eigenvalue weighted by Crippen LogP contribution is 2.56. The van der Waals surface area contributed by atoms with Gasteiger partial charge < -0.3 is 10.7 Å². The lowest BCUT2D eigenvalue weighted by molar-refractivity contribution is -0.119. The molecule has 2 aliphatic carbocycles. The van der Waals surface area contributed by atoms with Crippen LogP contribution in [0.25, 0.3) is 0 Å². The van der Waals surface area contributed by atoms with Crippen molar-refractivity contribution in [2.75, 3.05) is 0 Å². The smallest absolute Gasteiger partial charge is 0.217 e. The van der Waals surface area contributed by atoms with Crippen LogP contribution in [0, 0.1) is 28.5 Å². The number of nitrogens with zero attached hydrogens (tertiary/aromatic N) is 1. The maximum absolute atomic E-state index is 13.3. The second kappa shape index (κ2) is 9.19. The van der Waals surface area contributed by atoms with Gasteiger partial charge in [-0.25, -0.2) is 4.39 Å². The van der Waals surface area contributed by atoms with Crippen LogP contribution in [0.2, 0.25) is 0 Å². The van der Waals surface area contributed by atoms with Crippen LogP contribution in [0.3, 0.4) is 0 Å². The Kier molecular flexibility index (Phi) is 6.35. The first-order chi connectivity index (χ1) is 15.4. The quantitative estimate of drug-likeness (QED) is 0.527. The summed E-state index contributed by atoms with van der Waals surface area (Å²) in [5.74, 6) is 0.0244. The van der Waals surface area contributed by atoms with Crippen molar-refractivity contribution in [3.8, 4) is 0 Å². The number of fused-ring (bicyclic) bond motifs is 1. The molecule has 4 unspecified atom stereocenters. The molecule has 4 nitrogen and oxygen atoms in total. The summed E-state index contributed by atoms with van der Waals surface area (Å²) < 4.78 is 13.3. The van der Waals surface area contributed by atoms with Gasteiger partial charge in [0.05, 0.1) is 11.7 Å². The average molecular weight is 432 g/mol. The molecule has 2 N–H and O–H groups in total. The SMILES string of the molecule is CC(=O)NC(CC1CCC2=CC(=Nc3ccc(F)cc3)C(C=N)CC21C)c1ccccc1. The minimum atomic E-state index is -0.280. The molecule has 1 amide bonds. The molecule has 2 aliphatic rings. The molecule has 1 fully saturated rings. The predicted molar refractivity (Wildman–Crippen MR) is 127 cm³/mol. The van der Waals surface area contributed by atoms with Crippen LogP contribution in [0.15, 0.2) is 71.2 Å². The number of nitrogens with one attached hydrogen (secondary N) is 2. The van der Waals surface area contributed by atoms with Gasteiger partial charge in [-0.05, 0) is 72.9 Å². The van der Waals surface area contributed by atoms with E-state index in [9.17, 15) is 9.18 Å². The molecule has 1 saturated carbocycles. The van der Waals surface area contributed by atoms with Crippen molar-refractivity contribution in [2.24, 2.45) is 22.2 Å². The molecule has 4 rings (SSSR count). The number of hydrogen-bond acceptors (Lipinski definition) is 3. The molecular formula is C27H30FN3O. The van der Waals surface area contributed by atoms with Crippen LogP contribution in [-0.2, 0) is 4.79 Å². The topological polar surface area (TPSA) is 65.3 Å². The van der Waals surface area contributed by atoms with Crippen molar-refractivity contribution in [3.05, 3.63) is 77.6 Å². The monoisotopic (exact) mass is 431 g/mol. The summed E-state index contributed by atoms with van der Waals surface area (Å²) in [6.07, 6.45) is 7.40. The van der Waals surface area contributed by atoms with Gasteiger partial charge in [0, 0.05) is 24.8 Å². The first kappa shape index (κ1) is 22.1. The van der Waals surface area contributed by atoms with E-state index < -0.39 is 0 Å². The Hall–Kier alpha value is -3.08. The lowest BCUT2D eigenvalue weighted by Gasteiger charge is -2.40. The van der Waals surface area contributed by atoms with E-state index in [1.165, 1.54) is 23.9 Å². The van der Waals surface area contributed by atoms with Gasteiger partial charge >= 0.3 is 0 Å². The summed E-state index contributed by atoms with van der Waals surface area (Å²) in [5, 5.41) is 11.2. The maximum atomic E-state index is 13.3. The second-order valence-electron chi connectivity index (χ2n) is 9.21. The van der Waals surface area contributed by atoms with Crippen LogP contribution in [0.5, 0.6) is 0 Å². The van der Waals surface area contributed by atoms with Crippen molar-refractivity contribution < 1.29 is 9.18 Å². The zero-order valence-electron chi connectivity index (χ0n) is 18.6. The molecule has 0 saturated heterocycles. The minimum Gasteiger partial charge on any atom is -0.350 e. The second-order valence-corrected chi connectivity index (χ2v) is 9.21. The average Bonchev–Trinajstić information content (AvgIpc) is 3.09. The molecule has 5 heteroatoms. The highest BCUT2D eigenvalue weighted by Gasteiger charge is 2.47. The van der Waals surface area contributed by atoms with Crippen LogP contribution in [0.1, 0.15) is 51.1 Å². The fraction of sp³-hybridized carbons (Fsp3) is 0.370. The molecule has 4 atom stereocenters. The predicted octanol–water partition coefficient (Wildman–Crippen LogP) is 6.18.